The zero-order chi connectivity index (χ0) is 42.8. The van der Waals surface area contributed by atoms with E-state index in [1.807, 2.05) is 0 Å². The fourth-order valence-electron chi connectivity index (χ4n) is 6.68. The van der Waals surface area contributed by atoms with Crippen LogP contribution in [0.4, 0.5) is 11.4 Å². The van der Waals surface area contributed by atoms with Gasteiger partial charge in [0.1, 0.15) is 0 Å². The van der Waals surface area contributed by atoms with Gasteiger partial charge in [0.05, 0.1) is 45.0 Å². The van der Waals surface area contributed by atoms with E-state index in [0.29, 0.717) is 12.3 Å². The Balaban J connectivity index is 0.000000259. The van der Waals surface area contributed by atoms with Gasteiger partial charge in [0.2, 0.25) is 0 Å². The number of carbonyl (C=O) groups excluding carboxylic acids is 1. The topological polar surface area (TPSA) is 154 Å². The second-order valence-electron chi connectivity index (χ2n) is 17.6. The minimum Gasteiger partial charge on any atom is -0.691 e. The van der Waals surface area contributed by atoms with Crippen LogP contribution in [0.3, 0.4) is 0 Å². The average Bonchev–Trinajstić information content (AvgIpc) is 3.17. The van der Waals surface area contributed by atoms with Gasteiger partial charge in [0.25, 0.3) is 11.4 Å². The number of hydrogen-bond donors (Lipinski definition) is 0. The minimum atomic E-state index is -0.928. The predicted octanol–water partition coefficient (Wildman–Crippen LogP) is 11.5. The van der Waals surface area contributed by atoms with E-state index in [2.05, 4.69) is 144 Å². The first kappa shape index (κ1) is 46.4. The van der Waals surface area contributed by atoms with Crippen LogP contribution in [0.5, 0.6) is 0 Å². The average molecular weight is 833 g/mol. The summed E-state index contributed by atoms with van der Waals surface area (Å²) in [6.07, 6.45) is 6.31. The van der Waals surface area contributed by atoms with Gasteiger partial charge in [0, 0.05) is 12.1 Å². The van der Waals surface area contributed by atoms with E-state index in [9.17, 15) is 30.3 Å². The highest BCUT2D eigenvalue weighted by atomic mass is 32.2. The Hall–Kier alpha value is -4.27. The van der Waals surface area contributed by atoms with E-state index in [0.717, 1.165) is 37.8 Å². The number of nitrogens with zero attached hydrogens (tertiary/aromatic N) is 2. The Morgan fingerprint density at radius 1 is 0.672 bits per heavy atom. The number of hydrogen-bond acceptors (Lipinski definition) is 10. The Morgan fingerprint density at radius 3 is 1.38 bits per heavy atom. The van der Waals surface area contributed by atoms with Crippen LogP contribution < -0.4 is 5.26 Å². The first-order valence-electron chi connectivity index (χ1n) is 19.5. The van der Waals surface area contributed by atoms with E-state index in [-0.39, 0.29) is 51.4 Å². The number of nitro benzene ring substituents is 2. The molecule has 0 saturated heterocycles. The largest absolute Gasteiger partial charge is 0.691 e. The highest BCUT2D eigenvalue weighted by Gasteiger charge is 2.32. The fourth-order valence-corrected chi connectivity index (χ4v) is 9.25. The summed E-state index contributed by atoms with van der Waals surface area (Å²) < 4.78 is 9.09. The van der Waals surface area contributed by atoms with Gasteiger partial charge in [0.15, 0.2) is 19.6 Å². The van der Waals surface area contributed by atoms with Crippen LogP contribution in [0.2, 0.25) is 0 Å². The van der Waals surface area contributed by atoms with Crippen molar-refractivity contribution in [3.05, 3.63) is 127 Å². The zero-order valence-corrected chi connectivity index (χ0v) is 36.6. The Bertz CT molecular complexity index is 1820. The molecule has 4 aromatic carbocycles. The molecule has 58 heavy (non-hydrogen) atoms. The van der Waals surface area contributed by atoms with E-state index < -0.39 is 32.1 Å². The molecule has 0 spiro atoms. The quantitative estimate of drug-likeness (QED) is 0.0336. The summed E-state index contributed by atoms with van der Waals surface area (Å²) in [5, 5.41) is 35.4. The lowest BCUT2D eigenvalue weighted by molar-refractivity contribution is -0.777. The van der Waals surface area contributed by atoms with Crippen molar-refractivity contribution in [2.75, 3.05) is 6.61 Å². The maximum Gasteiger partial charge on any atom is 0.338 e. The van der Waals surface area contributed by atoms with Crippen LogP contribution >= 0.6 is 12.0 Å². The van der Waals surface area contributed by atoms with Crippen molar-refractivity contribution >= 4 is 40.3 Å². The number of rotatable bonds is 12. The monoisotopic (exact) mass is 832 g/mol. The third kappa shape index (κ3) is 12.9. The smallest absolute Gasteiger partial charge is 0.338 e. The second-order valence-corrected chi connectivity index (χ2v) is 20.4. The summed E-state index contributed by atoms with van der Waals surface area (Å²) in [6, 6.07) is 29.5. The maximum atomic E-state index is 12.2. The van der Waals surface area contributed by atoms with Crippen LogP contribution in [-0.2, 0) is 41.2 Å². The van der Waals surface area contributed by atoms with Crippen molar-refractivity contribution in [1.29, 1.82) is 0 Å². The molecule has 0 aromatic heterocycles. The van der Waals surface area contributed by atoms with Crippen LogP contribution in [0, 0.1) is 26.1 Å². The summed E-state index contributed by atoms with van der Waals surface area (Å²) in [6.45, 7) is 20.6. The van der Waals surface area contributed by atoms with Crippen molar-refractivity contribution in [2.24, 2.45) is 5.92 Å². The summed E-state index contributed by atoms with van der Waals surface area (Å²) in [7, 11) is -0.120. The third-order valence-electron chi connectivity index (χ3n) is 10.2. The molecule has 0 unspecified atom stereocenters. The van der Waals surface area contributed by atoms with Gasteiger partial charge in [-0.15, -0.1) is 0 Å². The predicted molar refractivity (Wildman–Crippen MR) is 227 cm³/mol. The van der Waals surface area contributed by atoms with Crippen molar-refractivity contribution in [3.63, 3.8) is 0 Å². The first-order chi connectivity index (χ1) is 27.2. The molecule has 1 saturated carbocycles. The number of carbonyl (C=O) groups is 1. The molecule has 5 rings (SSSR count). The molecule has 312 valence electrons. The fraction of sp³-hybridized carbons (Fsp3) is 0.444. The van der Waals surface area contributed by atoms with Crippen molar-refractivity contribution in [1.82, 2.24) is 0 Å². The molecule has 4 aromatic rings. The van der Waals surface area contributed by atoms with E-state index >= 15 is 0 Å². The molecule has 0 bridgehead atoms. The van der Waals surface area contributed by atoms with Gasteiger partial charge >= 0.3 is 5.97 Å². The van der Waals surface area contributed by atoms with Gasteiger partial charge in [-0.2, -0.15) is 4.33 Å². The normalized spacial score (nSPS) is 13.8. The number of esters is 1. The standard InChI is InChI=1S/C30H39S.C15H18N2O9S/c1-28(2,3)22-10-16-25(17-11-22)31(26-18-12-23(13-19-26)29(4,5)6)27-20-14-24(15-21-27)30(7,8)9;18-15(24-7-6-10-4-2-1-3-5-10)11-8-12(16(19)20)14(27-26-25-23)13(9-11)17(21)22/h10-21H,1-9H3;8-10,23H,1-7H2/q+1;/p-1. The van der Waals surface area contributed by atoms with E-state index in [1.165, 1.54) is 37.8 Å². The second kappa shape index (κ2) is 20.1. The van der Waals surface area contributed by atoms with Crippen molar-refractivity contribution in [3.8, 4) is 0 Å². The molecular weight excluding hydrogens is 777 g/mol. The van der Waals surface area contributed by atoms with E-state index in [1.54, 1.807) is 0 Å². The molecular formula is C45H56N2O9S2. The molecule has 0 aliphatic heterocycles. The molecule has 1 aliphatic rings. The van der Waals surface area contributed by atoms with Crippen LogP contribution in [0.25, 0.3) is 0 Å². The van der Waals surface area contributed by atoms with Crippen LogP contribution in [-0.4, -0.2) is 22.4 Å². The van der Waals surface area contributed by atoms with Gasteiger partial charge in [-0.3, -0.25) is 25.3 Å². The summed E-state index contributed by atoms with van der Waals surface area (Å²) in [5.74, 6) is -0.423. The zero-order valence-electron chi connectivity index (χ0n) is 35.0. The molecule has 1 aliphatic carbocycles. The first-order valence-corrected chi connectivity index (χ1v) is 21.5. The number of benzene rings is 4. The molecule has 0 heterocycles. The molecule has 0 radical (unpaired) electrons. The molecule has 11 nitrogen and oxygen atoms in total. The van der Waals surface area contributed by atoms with Gasteiger partial charge in [-0.25, -0.2) is 4.79 Å². The maximum absolute atomic E-state index is 12.2. The lowest BCUT2D eigenvalue weighted by Gasteiger charge is -2.21. The Labute approximate surface area is 349 Å². The molecule has 1 fully saturated rings. The van der Waals surface area contributed by atoms with Gasteiger partial charge < -0.3 is 9.99 Å². The number of nitro groups is 2. The number of ether oxygens (including phenoxy) is 1. The highest BCUT2D eigenvalue weighted by Crippen LogP contribution is 2.40. The molecule has 13 heteroatoms. The summed E-state index contributed by atoms with van der Waals surface area (Å²) in [4.78, 5) is 36.3. The molecule has 0 N–H and O–H groups in total. The van der Waals surface area contributed by atoms with Crippen LogP contribution in [0.15, 0.2) is 105 Å². The lowest BCUT2D eigenvalue weighted by Crippen LogP contribution is -2.13. The summed E-state index contributed by atoms with van der Waals surface area (Å²) >= 11 is 0.0172. The molecule has 0 atom stereocenters. The van der Waals surface area contributed by atoms with Crippen LogP contribution in [0.1, 0.15) is 128 Å². The summed E-state index contributed by atoms with van der Waals surface area (Å²) in [5.41, 5.74) is 2.77. The highest BCUT2D eigenvalue weighted by molar-refractivity contribution is 7.97. The minimum absolute atomic E-state index is 0.0172. The molecule has 0 amide bonds. The van der Waals surface area contributed by atoms with E-state index in [4.69, 9.17) is 4.74 Å². The van der Waals surface area contributed by atoms with Gasteiger partial charge in [-0.05, 0) is 81.7 Å². The Kier molecular flexibility index (Phi) is 16.1. The lowest BCUT2D eigenvalue weighted by atomic mass is 9.87. The SMILES string of the molecule is CC(C)(C)c1ccc([S+](c2ccc(C(C)(C)C)cc2)c2ccc(C(C)(C)C)cc2)cc1.O=C(OCCC1CCCCC1)c1cc([N+](=O)[O-])c(SOO[O-])c([N+](=O)[O-])c1. The van der Waals surface area contributed by atoms with Crippen molar-refractivity contribution < 1.29 is 34.0 Å². The van der Waals surface area contributed by atoms with Crippen molar-refractivity contribution in [2.45, 2.75) is 137 Å². The van der Waals surface area contributed by atoms with Gasteiger partial charge in [-0.1, -0.05) is 131 Å². The Morgan fingerprint density at radius 2 is 1.05 bits per heavy atom. The third-order valence-corrected chi connectivity index (χ3v) is 13.1.